The number of benzene rings is 1. The van der Waals surface area contributed by atoms with Gasteiger partial charge in [-0.3, -0.25) is 9.78 Å². The summed E-state index contributed by atoms with van der Waals surface area (Å²) in [5.74, 6) is 0.636. The van der Waals surface area contributed by atoms with E-state index in [1.807, 2.05) is 39.0 Å². The summed E-state index contributed by atoms with van der Waals surface area (Å²) in [4.78, 5) is 19.7. The molecule has 2 rings (SSSR count). The summed E-state index contributed by atoms with van der Waals surface area (Å²) in [7, 11) is 0. The van der Waals surface area contributed by atoms with Gasteiger partial charge in [-0.15, -0.1) is 0 Å². The van der Waals surface area contributed by atoms with Crippen LogP contribution >= 0.6 is 0 Å². The molecule has 0 saturated carbocycles. The van der Waals surface area contributed by atoms with Crippen LogP contribution in [0.25, 0.3) is 0 Å². The molecule has 2 aromatic rings. The standard InChI is InChI=1S/C16H19N3O2/c1-11(2)21-15-5-4-13(8-12(15)3)9-19-16(20)14-10-17-6-7-18-14/h4-8,10-11H,9H2,1-3H3,(H,19,20). The molecule has 0 spiro atoms. The predicted molar refractivity (Wildman–Crippen MR) is 80.1 cm³/mol. The van der Waals surface area contributed by atoms with Gasteiger partial charge in [0.2, 0.25) is 0 Å². The van der Waals surface area contributed by atoms with E-state index in [0.29, 0.717) is 12.2 Å². The monoisotopic (exact) mass is 285 g/mol. The zero-order valence-electron chi connectivity index (χ0n) is 12.5. The number of nitrogens with one attached hydrogen (secondary N) is 1. The number of aryl methyl sites for hydroxylation is 1. The zero-order valence-corrected chi connectivity index (χ0v) is 12.5. The normalized spacial score (nSPS) is 10.5. The van der Waals surface area contributed by atoms with Gasteiger partial charge in [0.25, 0.3) is 5.91 Å². The van der Waals surface area contributed by atoms with Crippen molar-refractivity contribution in [3.05, 3.63) is 53.6 Å². The minimum absolute atomic E-state index is 0.144. The van der Waals surface area contributed by atoms with Gasteiger partial charge in [-0.2, -0.15) is 0 Å². The van der Waals surface area contributed by atoms with Crippen molar-refractivity contribution >= 4 is 5.91 Å². The van der Waals surface area contributed by atoms with Gasteiger partial charge in [0, 0.05) is 18.9 Å². The highest BCUT2D eigenvalue weighted by molar-refractivity contribution is 5.91. The predicted octanol–water partition coefficient (Wildman–Crippen LogP) is 2.50. The van der Waals surface area contributed by atoms with Crippen molar-refractivity contribution in [2.45, 2.75) is 33.4 Å². The Morgan fingerprint density at radius 2 is 2.14 bits per heavy atom. The molecular weight excluding hydrogens is 266 g/mol. The first-order chi connectivity index (χ1) is 10.1. The molecule has 110 valence electrons. The molecule has 5 nitrogen and oxygen atoms in total. The van der Waals surface area contributed by atoms with E-state index in [9.17, 15) is 4.79 Å². The average Bonchev–Trinajstić information content (AvgIpc) is 2.48. The lowest BCUT2D eigenvalue weighted by Gasteiger charge is -2.13. The van der Waals surface area contributed by atoms with E-state index < -0.39 is 0 Å². The fraction of sp³-hybridized carbons (Fsp3) is 0.312. The van der Waals surface area contributed by atoms with Crippen molar-refractivity contribution < 1.29 is 9.53 Å². The van der Waals surface area contributed by atoms with E-state index in [2.05, 4.69) is 15.3 Å². The molecule has 5 heteroatoms. The summed E-state index contributed by atoms with van der Waals surface area (Å²) in [6, 6.07) is 5.88. The number of nitrogens with zero attached hydrogens (tertiary/aromatic N) is 2. The second-order valence-electron chi connectivity index (χ2n) is 5.04. The van der Waals surface area contributed by atoms with Crippen molar-refractivity contribution in [3.63, 3.8) is 0 Å². The fourth-order valence-corrected chi connectivity index (χ4v) is 1.90. The maximum Gasteiger partial charge on any atom is 0.271 e. The molecule has 0 fully saturated rings. The van der Waals surface area contributed by atoms with Gasteiger partial charge in [-0.05, 0) is 38.0 Å². The summed E-state index contributed by atoms with van der Waals surface area (Å²) in [5, 5.41) is 2.82. The van der Waals surface area contributed by atoms with Crippen LogP contribution in [0.2, 0.25) is 0 Å². The Morgan fingerprint density at radius 1 is 1.33 bits per heavy atom. The molecule has 1 N–H and O–H groups in total. The van der Waals surface area contributed by atoms with E-state index in [0.717, 1.165) is 16.9 Å². The first-order valence-corrected chi connectivity index (χ1v) is 6.86. The summed E-state index contributed by atoms with van der Waals surface area (Å²) < 4.78 is 5.69. The third kappa shape index (κ3) is 4.27. The highest BCUT2D eigenvalue weighted by atomic mass is 16.5. The number of carbonyl (C=O) groups is 1. The Labute approximate surface area is 124 Å². The van der Waals surface area contributed by atoms with Gasteiger partial charge in [0.05, 0.1) is 12.3 Å². The van der Waals surface area contributed by atoms with Gasteiger partial charge in [0.15, 0.2) is 0 Å². The molecule has 1 aromatic heterocycles. The number of hydrogen-bond donors (Lipinski definition) is 1. The Kier molecular flexibility index (Phi) is 4.87. The van der Waals surface area contributed by atoms with Gasteiger partial charge >= 0.3 is 0 Å². The quantitative estimate of drug-likeness (QED) is 0.916. The zero-order chi connectivity index (χ0) is 15.2. The molecule has 1 amide bonds. The van der Waals surface area contributed by atoms with E-state index in [-0.39, 0.29) is 12.0 Å². The van der Waals surface area contributed by atoms with Gasteiger partial charge < -0.3 is 10.1 Å². The van der Waals surface area contributed by atoms with E-state index >= 15 is 0 Å². The van der Waals surface area contributed by atoms with Gasteiger partial charge in [-0.25, -0.2) is 4.98 Å². The molecule has 0 unspecified atom stereocenters. The number of carbonyl (C=O) groups excluding carboxylic acids is 1. The number of ether oxygens (including phenoxy) is 1. The topological polar surface area (TPSA) is 64.1 Å². The molecule has 0 aliphatic heterocycles. The summed E-state index contributed by atoms with van der Waals surface area (Å²) in [6.07, 6.45) is 4.62. The third-order valence-corrected chi connectivity index (χ3v) is 2.85. The number of amides is 1. The summed E-state index contributed by atoms with van der Waals surface area (Å²) in [6.45, 7) is 6.42. The van der Waals surface area contributed by atoms with Gasteiger partial charge in [0.1, 0.15) is 11.4 Å². The first kappa shape index (κ1) is 15.0. The van der Waals surface area contributed by atoms with Crippen molar-refractivity contribution in [1.82, 2.24) is 15.3 Å². The summed E-state index contributed by atoms with van der Waals surface area (Å²) >= 11 is 0. The minimum Gasteiger partial charge on any atom is -0.491 e. The second-order valence-corrected chi connectivity index (χ2v) is 5.04. The van der Waals surface area contributed by atoms with Crippen molar-refractivity contribution in [1.29, 1.82) is 0 Å². The Hall–Kier alpha value is -2.43. The van der Waals surface area contributed by atoms with Crippen LogP contribution in [0.15, 0.2) is 36.8 Å². The molecule has 0 aliphatic rings. The lowest BCUT2D eigenvalue weighted by molar-refractivity contribution is 0.0945. The average molecular weight is 285 g/mol. The smallest absolute Gasteiger partial charge is 0.271 e. The lowest BCUT2D eigenvalue weighted by atomic mass is 10.1. The third-order valence-electron chi connectivity index (χ3n) is 2.85. The van der Waals surface area contributed by atoms with Crippen LogP contribution in [-0.4, -0.2) is 22.0 Å². The van der Waals surface area contributed by atoms with Crippen LogP contribution in [-0.2, 0) is 6.54 Å². The first-order valence-electron chi connectivity index (χ1n) is 6.86. The number of rotatable bonds is 5. The molecule has 0 aliphatic carbocycles. The molecule has 1 aromatic carbocycles. The maximum atomic E-state index is 11.9. The SMILES string of the molecule is Cc1cc(CNC(=O)c2cnccn2)ccc1OC(C)C. The molecule has 0 radical (unpaired) electrons. The van der Waals surface area contributed by atoms with Crippen LogP contribution < -0.4 is 10.1 Å². The van der Waals surface area contributed by atoms with E-state index in [4.69, 9.17) is 4.74 Å². The maximum absolute atomic E-state index is 11.9. The highest BCUT2D eigenvalue weighted by Crippen LogP contribution is 2.20. The Morgan fingerprint density at radius 3 is 2.76 bits per heavy atom. The van der Waals surface area contributed by atoms with E-state index in [1.165, 1.54) is 18.6 Å². The van der Waals surface area contributed by atoms with E-state index in [1.54, 1.807) is 0 Å². The van der Waals surface area contributed by atoms with Gasteiger partial charge in [-0.1, -0.05) is 12.1 Å². The molecule has 0 atom stereocenters. The fourth-order valence-electron chi connectivity index (χ4n) is 1.90. The Bertz CT molecular complexity index is 612. The summed E-state index contributed by atoms with van der Waals surface area (Å²) in [5.41, 5.74) is 2.38. The molecule has 0 saturated heterocycles. The second kappa shape index (κ2) is 6.83. The Balaban J connectivity index is 1.98. The highest BCUT2D eigenvalue weighted by Gasteiger charge is 2.07. The van der Waals surface area contributed by atoms with Crippen molar-refractivity contribution in [3.8, 4) is 5.75 Å². The minimum atomic E-state index is -0.233. The van der Waals surface area contributed by atoms with Crippen LogP contribution in [0.1, 0.15) is 35.5 Å². The number of aromatic nitrogens is 2. The van der Waals surface area contributed by atoms with Crippen LogP contribution in [0, 0.1) is 6.92 Å². The molecular formula is C16H19N3O2. The number of hydrogen-bond acceptors (Lipinski definition) is 4. The molecule has 1 heterocycles. The lowest BCUT2D eigenvalue weighted by Crippen LogP contribution is -2.23. The van der Waals surface area contributed by atoms with Crippen LogP contribution in [0.4, 0.5) is 0 Å². The van der Waals surface area contributed by atoms with Crippen molar-refractivity contribution in [2.75, 3.05) is 0 Å². The molecule has 21 heavy (non-hydrogen) atoms. The van der Waals surface area contributed by atoms with Crippen LogP contribution in [0.3, 0.4) is 0 Å². The van der Waals surface area contributed by atoms with Crippen LogP contribution in [0.5, 0.6) is 5.75 Å². The van der Waals surface area contributed by atoms with Crippen molar-refractivity contribution in [2.24, 2.45) is 0 Å². The largest absolute Gasteiger partial charge is 0.491 e. The molecule has 0 bridgehead atoms.